The van der Waals surface area contributed by atoms with Crippen molar-refractivity contribution in [2.24, 2.45) is 0 Å². The molecule has 1 N–H and O–H groups in total. The molecule has 12 heteroatoms. The third-order valence-electron chi connectivity index (χ3n) is 5.45. The SMILES string of the molecule is COC(=O)c1cc(NC(=O)CN2C(=O)S/C(=C\c3ccc(OCc4c(F)cccc4Cl)cc3)C2=O)ccc1Cl. The Morgan fingerprint density at radius 1 is 1.05 bits per heavy atom. The Kier molecular flexibility index (Phi) is 8.90. The number of carbonyl (C=O) groups excluding carboxylic acids is 4. The molecule has 3 aromatic rings. The maximum atomic E-state index is 13.9. The summed E-state index contributed by atoms with van der Waals surface area (Å²) >= 11 is 12.7. The van der Waals surface area contributed by atoms with Gasteiger partial charge in [0.25, 0.3) is 11.1 Å². The molecule has 1 fully saturated rings. The zero-order valence-electron chi connectivity index (χ0n) is 20.2. The predicted molar refractivity (Wildman–Crippen MR) is 146 cm³/mol. The van der Waals surface area contributed by atoms with Gasteiger partial charge in [-0.25, -0.2) is 9.18 Å². The van der Waals surface area contributed by atoms with Crippen molar-refractivity contribution in [1.82, 2.24) is 4.90 Å². The third-order valence-corrected chi connectivity index (χ3v) is 7.04. The fraction of sp³-hybridized carbons (Fsp3) is 0.111. The Balaban J connectivity index is 1.37. The van der Waals surface area contributed by atoms with Gasteiger partial charge in [-0.05, 0) is 65.9 Å². The van der Waals surface area contributed by atoms with E-state index in [1.807, 2.05) is 0 Å². The fourth-order valence-electron chi connectivity index (χ4n) is 3.49. The Hall–Kier alpha value is -3.86. The molecule has 1 aliphatic heterocycles. The van der Waals surface area contributed by atoms with Crippen LogP contribution in [0.25, 0.3) is 6.08 Å². The molecule has 39 heavy (non-hydrogen) atoms. The first-order valence-electron chi connectivity index (χ1n) is 11.2. The average Bonchev–Trinajstić information content (AvgIpc) is 3.17. The number of nitrogens with zero attached hydrogens (tertiary/aromatic N) is 1. The van der Waals surface area contributed by atoms with Gasteiger partial charge in [0.05, 0.1) is 27.6 Å². The van der Waals surface area contributed by atoms with Gasteiger partial charge in [0.1, 0.15) is 24.7 Å². The minimum absolute atomic E-state index is 0.0542. The average molecular weight is 589 g/mol. The lowest BCUT2D eigenvalue weighted by Crippen LogP contribution is -2.36. The highest BCUT2D eigenvalue weighted by atomic mass is 35.5. The summed E-state index contributed by atoms with van der Waals surface area (Å²) in [5.41, 5.74) is 1.14. The van der Waals surface area contributed by atoms with E-state index < -0.39 is 35.4 Å². The standard InChI is InChI=1S/C27H19Cl2FN2O6S/c1-37-26(35)18-12-16(7-10-21(18)29)31-24(33)13-32-25(34)23(39-27(32)36)11-15-5-8-17(9-6-15)38-14-19-20(28)3-2-4-22(19)30/h2-12H,13-14H2,1H3,(H,31,33)/b23-11-. The number of ether oxygens (including phenoxy) is 2. The number of nitrogens with one attached hydrogen (secondary N) is 1. The van der Waals surface area contributed by atoms with Crippen molar-refractivity contribution in [3.63, 3.8) is 0 Å². The second kappa shape index (κ2) is 12.3. The quantitative estimate of drug-likeness (QED) is 0.248. The van der Waals surface area contributed by atoms with Crippen molar-refractivity contribution in [2.75, 3.05) is 19.0 Å². The van der Waals surface area contributed by atoms with Crippen molar-refractivity contribution < 1.29 is 33.0 Å². The van der Waals surface area contributed by atoms with E-state index in [1.165, 1.54) is 43.5 Å². The molecule has 3 amide bonds. The molecule has 8 nitrogen and oxygen atoms in total. The molecule has 0 aliphatic carbocycles. The Morgan fingerprint density at radius 3 is 2.49 bits per heavy atom. The number of hydrogen-bond acceptors (Lipinski definition) is 7. The van der Waals surface area contributed by atoms with Gasteiger partial charge < -0.3 is 14.8 Å². The summed E-state index contributed by atoms with van der Waals surface area (Å²) in [6, 6.07) is 15.2. The lowest BCUT2D eigenvalue weighted by atomic mass is 10.2. The highest BCUT2D eigenvalue weighted by Gasteiger charge is 2.36. The van der Waals surface area contributed by atoms with E-state index in [1.54, 1.807) is 30.3 Å². The van der Waals surface area contributed by atoms with E-state index in [9.17, 15) is 23.6 Å². The van der Waals surface area contributed by atoms with Crippen molar-refractivity contribution in [2.45, 2.75) is 6.61 Å². The topological polar surface area (TPSA) is 102 Å². The molecule has 200 valence electrons. The molecule has 0 bridgehead atoms. The lowest BCUT2D eigenvalue weighted by Gasteiger charge is -2.13. The Morgan fingerprint density at radius 2 is 1.79 bits per heavy atom. The van der Waals surface area contributed by atoms with Crippen LogP contribution in [0.5, 0.6) is 5.75 Å². The number of thioether (sulfide) groups is 1. The molecule has 0 unspecified atom stereocenters. The van der Waals surface area contributed by atoms with Crippen LogP contribution >= 0.6 is 35.0 Å². The van der Waals surface area contributed by atoms with Crippen LogP contribution < -0.4 is 10.1 Å². The van der Waals surface area contributed by atoms with Crippen LogP contribution in [0.15, 0.2) is 65.6 Å². The number of halogens is 3. The smallest absolute Gasteiger partial charge is 0.339 e. The number of amides is 3. The number of carbonyl (C=O) groups is 4. The second-order valence-corrected chi connectivity index (χ2v) is 9.87. The van der Waals surface area contributed by atoms with Crippen LogP contribution in [0.3, 0.4) is 0 Å². The summed E-state index contributed by atoms with van der Waals surface area (Å²) in [5.74, 6) is -1.97. The van der Waals surface area contributed by atoms with Gasteiger partial charge >= 0.3 is 5.97 Å². The number of esters is 1. The molecule has 1 heterocycles. The molecule has 4 rings (SSSR count). The molecule has 3 aromatic carbocycles. The first kappa shape index (κ1) is 28.2. The molecule has 0 saturated carbocycles. The van der Waals surface area contributed by atoms with Crippen LogP contribution in [0.1, 0.15) is 21.5 Å². The first-order chi connectivity index (χ1) is 18.7. The molecule has 0 spiro atoms. The molecular formula is C27H19Cl2FN2O6S. The zero-order chi connectivity index (χ0) is 28.1. The van der Waals surface area contributed by atoms with Crippen molar-refractivity contribution in [3.05, 3.63) is 98.1 Å². The first-order valence-corrected chi connectivity index (χ1v) is 12.8. The van der Waals surface area contributed by atoms with E-state index in [2.05, 4.69) is 10.1 Å². The summed E-state index contributed by atoms with van der Waals surface area (Å²) in [6.45, 7) is -0.588. The van der Waals surface area contributed by atoms with Crippen LogP contribution in [0.4, 0.5) is 14.9 Å². The third kappa shape index (κ3) is 6.78. The van der Waals surface area contributed by atoms with Crippen LogP contribution in [0.2, 0.25) is 10.0 Å². The number of hydrogen-bond donors (Lipinski definition) is 1. The highest BCUT2D eigenvalue weighted by Crippen LogP contribution is 2.32. The molecule has 1 aliphatic rings. The zero-order valence-corrected chi connectivity index (χ0v) is 22.5. The van der Waals surface area contributed by atoms with E-state index in [0.717, 1.165) is 4.90 Å². The summed E-state index contributed by atoms with van der Waals surface area (Å²) < 4.78 is 24.2. The van der Waals surface area contributed by atoms with Gasteiger partial charge in [-0.1, -0.05) is 41.4 Å². The maximum Gasteiger partial charge on any atom is 0.339 e. The number of imide groups is 1. The van der Waals surface area contributed by atoms with Crippen molar-refractivity contribution >= 4 is 69.8 Å². The maximum absolute atomic E-state index is 13.9. The van der Waals surface area contributed by atoms with E-state index >= 15 is 0 Å². The minimum Gasteiger partial charge on any atom is -0.489 e. The Labute approximate surface area is 236 Å². The van der Waals surface area contributed by atoms with Crippen molar-refractivity contribution in [3.8, 4) is 5.75 Å². The summed E-state index contributed by atoms with van der Waals surface area (Å²) in [7, 11) is 1.20. The van der Waals surface area contributed by atoms with Crippen LogP contribution in [-0.2, 0) is 20.9 Å². The van der Waals surface area contributed by atoms with E-state index in [-0.39, 0.29) is 38.4 Å². The molecule has 0 radical (unpaired) electrons. The van der Waals surface area contributed by atoms with E-state index in [4.69, 9.17) is 27.9 Å². The van der Waals surface area contributed by atoms with Crippen molar-refractivity contribution in [1.29, 1.82) is 0 Å². The molecule has 0 atom stereocenters. The molecular weight excluding hydrogens is 570 g/mol. The second-order valence-electron chi connectivity index (χ2n) is 8.06. The van der Waals surface area contributed by atoms with Crippen LogP contribution in [-0.4, -0.2) is 41.6 Å². The van der Waals surface area contributed by atoms with Gasteiger partial charge in [-0.15, -0.1) is 0 Å². The molecule has 0 aromatic heterocycles. The number of anilines is 1. The molecule has 1 saturated heterocycles. The van der Waals surface area contributed by atoms with Gasteiger partial charge in [0.2, 0.25) is 5.91 Å². The van der Waals surface area contributed by atoms with Gasteiger partial charge in [-0.2, -0.15) is 0 Å². The number of benzene rings is 3. The Bertz CT molecular complexity index is 1480. The highest BCUT2D eigenvalue weighted by molar-refractivity contribution is 8.18. The summed E-state index contributed by atoms with van der Waals surface area (Å²) in [4.78, 5) is 50.5. The van der Waals surface area contributed by atoms with Gasteiger partial charge in [0, 0.05) is 11.3 Å². The largest absolute Gasteiger partial charge is 0.489 e. The summed E-state index contributed by atoms with van der Waals surface area (Å²) in [5, 5.41) is 2.33. The fourth-order valence-corrected chi connectivity index (χ4v) is 4.74. The monoisotopic (exact) mass is 588 g/mol. The van der Waals surface area contributed by atoms with Gasteiger partial charge in [-0.3, -0.25) is 19.3 Å². The van der Waals surface area contributed by atoms with E-state index in [0.29, 0.717) is 23.1 Å². The van der Waals surface area contributed by atoms with Gasteiger partial charge in [0.15, 0.2) is 0 Å². The number of methoxy groups -OCH3 is 1. The minimum atomic E-state index is -0.679. The van der Waals surface area contributed by atoms with Crippen LogP contribution in [0, 0.1) is 5.82 Å². The normalized spacial score (nSPS) is 14.1. The summed E-state index contributed by atoms with van der Waals surface area (Å²) in [6.07, 6.45) is 1.52. The predicted octanol–water partition coefficient (Wildman–Crippen LogP) is 6.17. The number of rotatable bonds is 8. The lowest BCUT2D eigenvalue weighted by molar-refractivity contribution is -0.127.